The minimum atomic E-state index is -1.53. The van der Waals surface area contributed by atoms with E-state index in [-0.39, 0.29) is 11.1 Å². The lowest BCUT2D eigenvalue weighted by Crippen LogP contribution is -2.43. The van der Waals surface area contributed by atoms with Gasteiger partial charge in [-0.05, 0) is 39.8 Å². The Hall–Kier alpha value is -1.47. The summed E-state index contributed by atoms with van der Waals surface area (Å²) in [5.74, 6) is 0.442. The predicted octanol–water partition coefficient (Wildman–Crippen LogP) is 0.537. The minimum absolute atomic E-state index is 0.174. The molecular formula is C16H25N4O4P. The number of aryl methyl sites for hydroxylation is 1. The van der Waals surface area contributed by atoms with Crippen LogP contribution < -0.4 is 5.56 Å². The van der Waals surface area contributed by atoms with Crippen molar-refractivity contribution >= 4 is 24.3 Å². The monoisotopic (exact) mass is 368 g/mol. The molecule has 1 saturated heterocycles. The zero-order valence-electron chi connectivity index (χ0n) is 14.9. The van der Waals surface area contributed by atoms with Crippen molar-refractivity contribution in [1.82, 2.24) is 19.5 Å². The van der Waals surface area contributed by atoms with E-state index in [0.29, 0.717) is 17.9 Å². The van der Waals surface area contributed by atoms with Crippen LogP contribution >= 0.6 is 6.89 Å². The van der Waals surface area contributed by atoms with Gasteiger partial charge < -0.3 is 19.9 Å². The van der Waals surface area contributed by atoms with E-state index in [9.17, 15) is 15.0 Å². The predicted molar refractivity (Wildman–Crippen MR) is 98.8 cm³/mol. The first-order valence-corrected chi connectivity index (χ1v) is 11.2. The molecule has 0 saturated carbocycles. The third-order valence-electron chi connectivity index (χ3n) is 4.58. The molecule has 0 spiro atoms. The Morgan fingerprint density at radius 1 is 1.52 bits per heavy atom. The average molecular weight is 368 g/mol. The summed E-state index contributed by atoms with van der Waals surface area (Å²) in [7, 11) is 0. The summed E-state index contributed by atoms with van der Waals surface area (Å²) in [6.45, 7) is 6.16. The van der Waals surface area contributed by atoms with E-state index >= 15 is 0 Å². The van der Waals surface area contributed by atoms with Crippen LogP contribution in [0.2, 0.25) is 0 Å². The van der Waals surface area contributed by atoms with Crippen molar-refractivity contribution in [3.05, 3.63) is 22.5 Å². The van der Waals surface area contributed by atoms with Gasteiger partial charge in [0.2, 0.25) is 0 Å². The van der Waals surface area contributed by atoms with Gasteiger partial charge in [0.05, 0.1) is 12.4 Å². The maximum absolute atomic E-state index is 12.0. The van der Waals surface area contributed by atoms with Gasteiger partial charge in [-0.2, -0.15) is 0 Å². The van der Waals surface area contributed by atoms with Crippen LogP contribution in [0.4, 0.5) is 0 Å². The van der Waals surface area contributed by atoms with Crippen LogP contribution in [0.25, 0.3) is 11.2 Å². The van der Waals surface area contributed by atoms with Crippen LogP contribution in [0.3, 0.4) is 0 Å². The number of aliphatic hydroxyl groups excluding tert-OH is 1. The largest absolute Gasteiger partial charge is 0.387 e. The molecular weight excluding hydrogens is 343 g/mol. The van der Waals surface area contributed by atoms with E-state index in [0.717, 1.165) is 6.16 Å². The minimum Gasteiger partial charge on any atom is -0.387 e. The van der Waals surface area contributed by atoms with Crippen LogP contribution in [0, 0.1) is 6.92 Å². The number of fused-ring (bicyclic) bond motifs is 1. The third-order valence-corrected chi connectivity index (χ3v) is 6.05. The summed E-state index contributed by atoms with van der Waals surface area (Å²) in [5, 5.41) is 21.4. The highest BCUT2D eigenvalue weighted by molar-refractivity contribution is 7.72. The average Bonchev–Trinajstić information content (AvgIpc) is 2.97. The fraction of sp³-hybridized carbons (Fsp3) is 0.625. The normalized spacial score (nSPS) is 30.2. The van der Waals surface area contributed by atoms with Crippen LogP contribution in [-0.2, 0) is 4.74 Å². The molecule has 1 aliphatic heterocycles. The summed E-state index contributed by atoms with van der Waals surface area (Å²) in [4.78, 5) is 23.0. The zero-order chi connectivity index (χ0) is 18.6. The Balaban J connectivity index is 1.97. The molecule has 3 N–H and O–H groups in total. The molecule has 25 heavy (non-hydrogen) atoms. The first-order valence-electron chi connectivity index (χ1n) is 8.17. The molecule has 0 amide bonds. The second kappa shape index (κ2) is 6.06. The summed E-state index contributed by atoms with van der Waals surface area (Å²) < 4.78 is 7.50. The van der Waals surface area contributed by atoms with Crippen molar-refractivity contribution in [3.63, 3.8) is 0 Å². The Morgan fingerprint density at radius 2 is 2.20 bits per heavy atom. The quantitative estimate of drug-likeness (QED) is 0.679. The van der Waals surface area contributed by atoms with E-state index in [1.807, 2.05) is 0 Å². The molecule has 0 aliphatic carbocycles. The summed E-state index contributed by atoms with van der Waals surface area (Å²) in [5.41, 5.74) is -1.38. The number of H-pyrrole nitrogens is 1. The van der Waals surface area contributed by atoms with Crippen LogP contribution in [0.5, 0.6) is 0 Å². The molecule has 2 aromatic rings. The Morgan fingerprint density at radius 3 is 2.84 bits per heavy atom. The van der Waals surface area contributed by atoms with E-state index in [4.69, 9.17) is 4.74 Å². The smallest absolute Gasteiger partial charge is 0.279 e. The number of hydrogen-bond acceptors (Lipinski definition) is 6. The number of ether oxygens (including phenoxy) is 1. The van der Waals surface area contributed by atoms with Gasteiger partial charge in [-0.25, -0.2) is 9.97 Å². The second-order valence-corrected chi connectivity index (χ2v) is 11.9. The van der Waals surface area contributed by atoms with Crippen molar-refractivity contribution in [2.75, 3.05) is 19.5 Å². The van der Waals surface area contributed by atoms with E-state index in [2.05, 4.69) is 34.6 Å². The number of nitrogens with zero attached hydrogens (tertiary/aromatic N) is 3. The number of nitrogens with one attached hydrogen (secondary N) is 1. The third kappa shape index (κ3) is 3.31. The van der Waals surface area contributed by atoms with Gasteiger partial charge in [-0.1, -0.05) is 0 Å². The van der Waals surface area contributed by atoms with Gasteiger partial charge in [0, 0.05) is 0 Å². The van der Waals surface area contributed by atoms with Gasteiger partial charge in [-0.3, -0.25) is 9.36 Å². The number of imidazole rings is 1. The van der Waals surface area contributed by atoms with E-state index < -0.39 is 30.9 Å². The molecule has 0 unspecified atom stereocenters. The Labute approximate surface area is 145 Å². The van der Waals surface area contributed by atoms with Crippen LogP contribution in [0.15, 0.2) is 11.1 Å². The summed E-state index contributed by atoms with van der Waals surface area (Å²) in [6.07, 6.45) is 4.60. The number of rotatable bonds is 4. The molecule has 1 fully saturated rings. The standard InChI is InChI=1S/C16H25N4O4P/c1-9-18-13-11(14(22)19-9)17-8-20(13)15-16(2,23)12(21)10(24-15)6-7-25(3,4)5/h8,10,12,15,21,23H,3,6-7H2,1-2,4-5H3,(H,18,19,22)/t10-,12-,15-,16-/m1/s1. The van der Waals surface area contributed by atoms with Crippen molar-refractivity contribution in [2.45, 2.75) is 44.3 Å². The van der Waals surface area contributed by atoms with E-state index in [1.165, 1.54) is 17.8 Å². The summed E-state index contributed by atoms with van der Waals surface area (Å²) >= 11 is 0. The van der Waals surface area contributed by atoms with Gasteiger partial charge in [0.15, 0.2) is 17.4 Å². The fourth-order valence-corrected chi connectivity index (χ4v) is 4.11. The number of aliphatic hydroxyl groups is 2. The summed E-state index contributed by atoms with van der Waals surface area (Å²) in [6, 6.07) is 0. The van der Waals surface area contributed by atoms with Gasteiger partial charge in [-0.15, -0.1) is 13.2 Å². The molecule has 2 aromatic heterocycles. The Bertz CT molecular complexity index is 897. The molecule has 3 heterocycles. The van der Waals surface area contributed by atoms with Gasteiger partial charge in [0.25, 0.3) is 5.56 Å². The Kier molecular flexibility index (Phi) is 4.44. The van der Waals surface area contributed by atoms with Gasteiger partial charge in [0.1, 0.15) is 17.5 Å². The van der Waals surface area contributed by atoms with Crippen molar-refractivity contribution in [3.8, 4) is 0 Å². The molecule has 8 nitrogen and oxygen atoms in total. The molecule has 1 aliphatic rings. The SMILES string of the molecule is C=P(C)(C)CC[C@H]1O[C@@H](n2cnc3c(=O)[nH]c(C)nc32)[C@](C)(O)[C@@H]1O. The lowest BCUT2D eigenvalue weighted by molar-refractivity contribution is -0.0939. The first kappa shape index (κ1) is 18.3. The van der Waals surface area contributed by atoms with E-state index in [1.54, 1.807) is 6.92 Å². The van der Waals surface area contributed by atoms with Crippen molar-refractivity contribution < 1.29 is 14.9 Å². The highest BCUT2D eigenvalue weighted by atomic mass is 31.2. The molecule has 4 atom stereocenters. The molecule has 0 aromatic carbocycles. The zero-order valence-corrected chi connectivity index (χ0v) is 15.8. The second-order valence-electron chi connectivity index (χ2n) is 7.62. The fourth-order valence-electron chi connectivity index (χ4n) is 3.16. The number of aromatic nitrogens is 4. The maximum Gasteiger partial charge on any atom is 0.279 e. The maximum atomic E-state index is 12.0. The van der Waals surface area contributed by atoms with Gasteiger partial charge >= 0.3 is 0 Å². The molecule has 0 radical (unpaired) electrons. The topological polar surface area (TPSA) is 113 Å². The lowest BCUT2D eigenvalue weighted by atomic mass is 9.95. The first-order chi connectivity index (χ1) is 11.5. The molecule has 9 heteroatoms. The van der Waals surface area contributed by atoms with Crippen LogP contribution in [-0.4, -0.2) is 73.3 Å². The number of aromatic amines is 1. The lowest BCUT2D eigenvalue weighted by Gasteiger charge is -2.27. The van der Waals surface area contributed by atoms with Crippen molar-refractivity contribution in [2.24, 2.45) is 0 Å². The number of hydrogen-bond donors (Lipinski definition) is 3. The highest BCUT2D eigenvalue weighted by Crippen LogP contribution is 2.43. The molecule has 0 bridgehead atoms. The van der Waals surface area contributed by atoms with Crippen molar-refractivity contribution in [1.29, 1.82) is 0 Å². The molecule has 3 rings (SSSR count). The molecule has 138 valence electrons. The van der Waals surface area contributed by atoms with Crippen LogP contribution in [0.1, 0.15) is 25.4 Å². The highest BCUT2D eigenvalue weighted by Gasteiger charge is 2.53.